The molecular formula is C12H18N2O4S2. The third kappa shape index (κ3) is 4.77. The average molecular weight is 318 g/mol. The summed E-state index contributed by atoms with van der Waals surface area (Å²) in [6.07, 6.45) is 1.49. The number of nitrogens with one attached hydrogen (secondary N) is 1. The highest BCUT2D eigenvalue weighted by Gasteiger charge is 2.24. The fraction of sp³-hybridized carbons (Fsp3) is 0.500. The van der Waals surface area contributed by atoms with Crippen molar-refractivity contribution in [2.75, 3.05) is 16.8 Å². The van der Waals surface area contributed by atoms with Crippen LogP contribution in [0.5, 0.6) is 0 Å². The summed E-state index contributed by atoms with van der Waals surface area (Å²) in [5.41, 5.74) is 1.39. The molecule has 2 rings (SSSR count). The van der Waals surface area contributed by atoms with E-state index in [-0.39, 0.29) is 23.3 Å². The SMILES string of the molecule is NS(=O)(=O)Cc1ccc(NC2CCCS(=O)(=O)C2)cc1. The van der Waals surface area contributed by atoms with Gasteiger partial charge in [0.15, 0.2) is 9.84 Å². The van der Waals surface area contributed by atoms with E-state index in [0.29, 0.717) is 12.0 Å². The van der Waals surface area contributed by atoms with Crippen LogP contribution in [-0.4, -0.2) is 34.4 Å². The maximum atomic E-state index is 11.5. The molecule has 1 aromatic rings. The third-order valence-electron chi connectivity index (χ3n) is 3.16. The molecule has 1 unspecified atom stereocenters. The lowest BCUT2D eigenvalue weighted by atomic mass is 10.1. The van der Waals surface area contributed by atoms with E-state index in [1.165, 1.54) is 0 Å². The summed E-state index contributed by atoms with van der Waals surface area (Å²) >= 11 is 0. The van der Waals surface area contributed by atoms with Gasteiger partial charge < -0.3 is 5.32 Å². The van der Waals surface area contributed by atoms with E-state index >= 15 is 0 Å². The molecule has 1 heterocycles. The maximum Gasteiger partial charge on any atom is 0.213 e. The van der Waals surface area contributed by atoms with Crippen LogP contribution in [0.1, 0.15) is 18.4 Å². The van der Waals surface area contributed by atoms with Crippen LogP contribution >= 0.6 is 0 Å². The van der Waals surface area contributed by atoms with Gasteiger partial charge in [0, 0.05) is 11.7 Å². The Morgan fingerprint density at radius 2 is 1.90 bits per heavy atom. The van der Waals surface area contributed by atoms with Crippen LogP contribution < -0.4 is 10.5 Å². The number of nitrogens with two attached hydrogens (primary N) is 1. The van der Waals surface area contributed by atoms with Crippen LogP contribution in [0.2, 0.25) is 0 Å². The summed E-state index contributed by atoms with van der Waals surface area (Å²) in [7, 11) is -6.47. The molecule has 1 fully saturated rings. The van der Waals surface area contributed by atoms with E-state index in [1.54, 1.807) is 24.3 Å². The lowest BCUT2D eigenvalue weighted by molar-refractivity contribution is 0.562. The highest BCUT2D eigenvalue weighted by Crippen LogP contribution is 2.18. The summed E-state index contributed by atoms with van der Waals surface area (Å²) in [6, 6.07) is 6.73. The number of hydrogen-bond acceptors (Lipinski definition) is 5. The first-order valence-corrected chi connectivity index (χ1v) is 9.84. The van der Waals surface area contributed by atoms with Gasteiger partial charge in [0.05, 0.1) is 17.3 Å². The summed E-state index contributed by atoms with van der Waals surface area (Å²) < 4.78 is 45.0. The Bertz CT molecular complexity index is 666. The van der Waals surface area contributed by atoms with E-state index in [0.717, 1.165) is 12.1 Å². The Balaban J connectivity index is 2.00. The van der Waals surface area contributed by atoms with E-state index in [9.17, 15) is 16.8 Å². The van der Waals surface area contributed by atoms with Crippen molar-refractivity contribution in [3.8, 4) is 0 Å². The Hall–Kier alpha value is -1.12. The smallest absolute Gasteiger partial charge is 0.213 e. The highest BCUT2D eigenvalue weighted by atomic mass is 32.2. The number of primary sulfonamides is 1. The largest absolute Gasteiger partial charge is 0.381 e. The fourth-order valence-corrected chi connectivity index (χ4v) is 4.60. The number of benzene rings is 1. The molecule has 112 valence electrons. The molecule has 0 bridgehead atoms. The lowest BCUT2D eigenvalue weighted by Gasteiger charge is -2.24. The van der Waals surface area contributed by atoms with Crippen molar-refractivity contribution in [2.45, 2.75) is 24.6 Å². The second-order valence-electron chi connectivity index (χ2n) is 5.10. The second kappa shape index (κ2) is 5.71. The highest BCUT2D eigenvalue weighted by molar-refractivity contribution is 7.91. The lowest BCUT2D eigenvalue weighted by Crippen LogP contribution is -2.34. The van der Waals surface area contributed by atoms with E-state index < -0.39 is 19.9 Å². The molecule has 0 amide bonds. The first kappa shape index (κ1) is 15.3. The monoisotopic (exact) mass is 318 g/mol. The molecule has 8 heteroatoms. The molecule has 20 heavy (non-hydrogen) atoms. The van der Waals surface area contributed by atoms with Crippen molar-refractivity contribution in [1.82, 2.24) is 0 Å². The first-order valence-electron chi connectivity index (χ1n) is 6.30. The number of anilines is 1. The topological polar surface area (TPSA) is 106 Å². The Labute approximate surface area is 119 Å². The van der Waals surface area contributed by atoms with Crippen molar-refractivity contribution >= 4 is 25.5 Å². The Morgan fingerprint density at radius 1 is 1.25 bits per heavy atom. The van der Waals surface area contributed by atoms with Crippen LogP contribution in [0, 0.1) is 0 Å². The molecule has 1 aliphatic rings. The minimum Gasteiger partial charge on any atom is -0.381 e. The summed E-state index contributed by atoms with van der Waals surface area (Å²) in [4.78, 5) is 0. The average Bonchev–Trinajstić information content (AvgIpc) is 2.28. The fourth-order valence-electron chi connectivity index (χ4n) is 2.30. The van der Waals surface area contributed by atoms with Crippen LogP contribution in [0.4, 0.5) is 5.69 Å². The van der Waals surface area contributed by atoms with Gasteiger partial charge in [0.2, 0.25) is 10.0 Å². The van der Waals surface area contributed by atoms with Crippen molar-refractivity contribution < 1.29 is 16.8 Å². The molecule has 0 spiro atoms. The van der Waals surface area contributed by atoms with Crippen molar-refractivity contribution in [2.24, 2.45) is 5.14 Å². The predicted molar refractivity (Wildman–Crippen MR) is 78.6 cm³/mol. The van der Waals surface area contributed by atoms with Gasteiger partial charge in [-0.1, -0.05) is 12.1 Å². The first-order chi connectivity index (χ1) is 9.23. The Morgan fingerprint density at radius 3 is 2.45 bits per heavy atom. The molecule has 0 saturated carbocycles. The maximum absolute atomic E-state index is 11.5. The second-order valence-corrected chi connectivity index (χ2v) is 8.95. The predicted octanol–water partition coefficient (Wildman–Crippen LogP) is 0.464. The van der Waals surface area contributed by atoms with E-state index in [2.05, 4.69) is 5.32 Å². The minimum absolute atomic E-state index is 0.0853. The van der Waals surface area contributed by atoms with Crippen molar-refractivity contribution in [3.63, 3.8) is 0 Å². The van der Waals surface area contributed by atoms with Gasteiger partial charge in [-0.15, -0.1) is 0 Å². The molecule has 1 aliphatic heterocycles. The molecule has 1 saturated heterocycles. The summed E-state index contributed by atoms with van der Waals surface area (Å²) in [5.74, 6) is 0.204. The minimum atomic E-state index is -3.53. The van der Waals surface area contributed by atoms with Crippen molar-refractivity contribution in [3.05, 3.63) is 29.8 Å². The number of sulfone groups is 1. The zero-order chi connectivity index (χ0) is 14.8. The number of rotatable bonds is 4. The molecule has 0 radical (unpaired) electrons. The van der Waals surface area contributed by atoms with Gasteiger partial charge in [0.1, 0.15) is 0 Å². The van der Waals surface area contributed by atoms with Gasteiger partial charge in [0.25, 0.3) is 0 Å². The molecule has 0 aromatic heterocycles. The molecule has 0 aliphatic carbocycles. The molecule has 1 aromatic carbocycles. The molecular weight excluding hydrogens is 300 g/mol. The standard InChI is InChI=1S/C12H18N2O4S2/c13-20(17,18)8-10-3-5-11(6-4-10)14-12-2-1-7-19(15,16)9-12/h3-6,12,14H,1-2,7-9H2,(H2,13,17,18). The molecule has 1 atom stereocenters. The number of sulfonamides is 1. The number of hydrogen-bond donors (Lipinski definition) is 2. The Kier molecular flexibility index (Phi) is 4.36. The molecule has 3 N–H and O–H groups in total. The van der Waals surface area contributed by atoms with Crippen LogP contribution in [-0.2, 0) is 25.6 Å². The van der Waals surface area contributed by atoms with E-state index in [4.69, 9.17) is 5.14 Å². The quantitative estimate of drug-likeness (QED) is 0.839. The van der Waals surface area contributed by atoms with Gasteiger partial charge >= 0.3 is 0 Å². The molecule has 6 nitrogen and oxygen atoms in total. The zero-order valence-electron chi connectivity index (χ0n) is 10.9. The van der Waals surface area contributed by atoms with Crippen molar-refractivity contribution in [1.29, 1.82) is 0 Å². The van der Waals surface area contributed by atoms with Crippen LogP contribution in [0.3, 0.4) is 0 Å². The summed E-state index contributed by atoms with van der Waals surface area (Å²) in [5, 5.41) is 8.14. The summed E-state index contributed by atoms with van der Waals surface area (Å²) in [6.45, 7) is 0. The van der Waals surface area contributed by atoms with Gasteiger partial charge in [-0.3, -0.25) is 0 Å². The zero-order valence-corrected chi connectivity index (χ0v) is 12.6. The normalized spacial score (nSPS) is 22.4. The van der Waals surface area contributed by atoms with Gasteiger partial charge in [-0.2, -0.15) is 0 Å². The van der Waals surface area contributed by atoms with Gasteiger partial charge in [-0.25, -0.2) is 22.0 Å². The van der Waals surface area contributed by atoms with Crippen LogP contribution in [0.25, 0.3) is 0 Å². The van der Waals surface area contributed by atoms with Crippen LogP contribution in [0.15, 0.2) is 24.3 Å². The third-order valence-corrected chi connectivity index (χ3v) is 5.71. The van der Waals surface area contributed by atoms with Gasteiger partial charge in [-0.05, 0) is 30.5 Å². The van der Waals surface area contributed by atoms with E-state index in [1.807, 2.05) is 0 Å².